The van der Waals surface area contributed by atoms with Gasteiger partial charge in [-0.2, -0.15) is 0 Å². The second-order valence-electron chi connectivity index (χ2n) is 8.80. The molecule has 5 rings (SSSR count). The molecular weight excluding hydrogens is 462 g/mol. The van der Waals surface area contributed by atoms with Crippen LogP contribution in [0.25, 0.3) is 11.0 Å². The number of carbonyl (C=O) groups is 2. The fourth-order valence-electron chi connectivity index (χ4n) is 4.14. The van der Waals surface area contributed by atoms with E-state index in [-0.39, 0.29) is 5.91 Å². The Morgan fingerprint density at radius 2 is 1.71 bits per heavy atom. The Balaban J connectivity index is 1.23. The van der Waals surface area contributed by atoms with E-state index in [0.29, 0.717) is 18.8 Å². The molecule has 3 aromatic carbocycles. The van der Waals surface area contributed by atoms with Crippen molar-refractivity contribution in [2.45, 2.75) is 25.9 Å². The van der Waals surface area contributed by atoms with Gasteiger partial charge in [-0.3, -0.25) is 14.9 Å². The number of nitrogens with one attached hydrogen (secondary N) is 1. The number of ether oxygens (including phenoxy) is 2. The highest BCUT2D eigenvalue weighted by molar-refractivity contribution is 7.96. The van der Waals surface area contributed by atoms with Crippen LogP contribution in [0.5, 0.6) is 17.2 Å². The Morgan fingerprint density at radius 1 is 1.00 bits per heavy atom. The lowest BCUT2D eigenvalue weighted by Gasteiger charge is -2.14. The van der Waals surface area contributed by atoms with E-state index in [1.165, 1.54) is 0 Å². The number of carbonyl (C=O) groups excluding carboxylic acids is 2. The largest absolute Gasteiger partial charge is 0.486 e. The summed E-state index contributed by atoms with van der Waals surface area (Å²) in [4.78, 5) is 28.1. The number of thiol groups is 1. The summed E-state index contributed by atoms with van der Waals surface area (Å²) in [5, 5.41) is 1.67. The summed E-state index contributed by atoms with van der Waals surface area (Å²) >= 11 is 3.64. The van der Waals surface area contributed by atoms with Gasteiger partial charge in [0, 0.05) is 13.1 Å². The van der Waals surface area contributed by atoms with Crippen molar-refractivity contribution in [2.75, 3.05) is 0 Å². The van der Waals surface area contributed by atoms with Crippen LogP contribution in [0.4, 0.5) is 4.79 Å². The molecule has 0 spiro atoms. The number of para-hydroxylation sites is 1. The van der Waals surface area contributed by atoms with E-state index in [0.717, 1.165) is 46.8 Å². The first-order chi connectivity index (χ1) is 16.9. The second kappa shape index (κ2) is 9.46. The van der Waals surface area contributed by atoms with Gasteiger partial charge in [0.05, 0.1) is 16.4 Å². The number of amides is 2. The van der Waals surface area contributed by atoms with Crippen molar-refractivity contribution >= 4 is 34.8 Å². The van der Waals surface area contributed by atoms with Gasteiger partial charge in [0.15, 0.2) is 0 Å². The molecule has 4 aromatic rings. The average molecular weight is 488 g/mol. The van der Waals surface area contributed by atoms with Gasteiger partial charge >= 0.3 is 0 Å². The van der Waals surface area contributed by atoms with Crippen molar-refractivity contribution in [1.82, 2.24) is 14.9 Å². The Labute approximate surface area is 208 Å². The number of hydrogen-bond acceptors (Lipinski definition) is 5. The molecule has 0 aliphatic heterocycles. The molecule has 0 saturated heterocycles. The van der Waals surface area contributed by atoms with E-state index in [1.807, 2.05) is 84.4 Å². The Hall–Kier alpha value is -3.78. The predicted octanol–water partition coefficient (Wildman–Crippen LogP) is 5.43. The highest BCUT2D eigenvalue weighted by atomic mass is 32.1. The second-order valence-corrected chi connectivity index (χ2v) is 9.21. The van der Waals surface area contributed by atoms with Gasteiger partial charge in [-0.15, -0.1) is 0 Å². The third-order valence-corrected chi connectivity index (χ3v) is 6.43. The molecule has 1 aliphatic carbocycles. The van der Waals surface area contributed by atoms with Crippen LogP contribution >= 0.6 is 12.6 Å². The van der Waals surface area contributed by atoms with Crippen molar-refractivity contribution in [1.29, 1.82) is 0 Å². The number of aryl methyl sites for hydroxylation is 1. The molecule has 8 heteroatoms. The summed E-state index contributed by atoms with van der Waals surface area (Å²) in [7, 11) is 1.96. The van der Waals surface area contributed by atoms with Crippen molar-refractivity contribution in [2.24, 2.45) is 12.5 Å². The molecule has 7 nitrogen and oxygen atoms in total. The summed E-state index contributed by atoms with van der Waals surface area (Å²) < 4.78 is 13.9. The minimum absolute atomic E-state index is 0.253. The van der Waals surface area contributed by atoms with Gasteiger partial charge in [0.25, 0.3) is 5.24 Å². The summed E-state index contributed by atoms with van der Waals surface area (Å²) in [5.41, 5.74) is 2.34. The number of rotatable bonds is 8. The molecule has 1 N–H and O–H groups in total. The minimum Gasteiger partial charge on any atom is -0.486 e. The van der Waals surface area contributed by atoms with Gasteiger partial charge in [-0.1, -0.05) is 43.0 Å². The fourth-order valence-corrected chi connectivity index (χ4v) is 4.25. The Morgan fingerprint density at radius 3 is 2.40 bits per heavy atom. The van der Waals surface area contributed by atoms with Crippen molar-refractivity contribution in [3.63, 3.8) is 0 Å². The van der Waals surface area contributed by atoms with Crippen molar-refractivity contribution in [3.05, 3.63) is 84.2 Å². The first-order valence-electron chi connectivity index (χ1n) is 11.4. The highest BCUT2D eigenvalue weighted by Crippen LogP contribution is 2.48. The summed E-state index contributed by atoms with van der Waals surface area (Å²) in [5.74, 6) is 2.79. The summed E-state index contributed by atoms with van der Waals surface area (Å²) in [6.07, 6.45) is 2.12. The molecule has 1 aromatic heterocycles. The third-order valence-electron chi connectivity index (χ3n) is 6.31. The Kier molecular flexibility index (Phi) is 6.21. The molecule has 0 atom stereocenters. The highest BCUT2D eigenvalue weighted by Gasteiger charge is 2.49. The van der Waals surface area contributed by atoms with Crippen molar-refractivity contribution in [3.8, 4) is 17.2 Å². The van der Waals surface area contributed by atoms with Crippen LogP contribution < -0.4 is 14.8 Å². The standard InChI is InChI=1S/C27H25N3O4S/c1-30-23-15-21(34-20-5-3-2-4-6-20)11-12-22(23)28-24(30)17-33-19-9-7-18(8-10-19)16-27(13-14-27)25(31)29-26(32)35/h2-12,15H,13-14,16-17H2,1H3,(H2,29,31,32,35). The molecule has 1 aliphatic rings. The third kappa shape index (κ3) is 5.17. The summed E-state index contributed by atoms with van der Waals surface area (Å²) in [6.45, 7) is 0.315. The van der Waals surface area contributed by atoms with Crippen LogP contribution in [0, 0.1) is 5.41 Å². The van der Waals surface area contributed by atoms with Gasteiger partial charge < -0.3 is 14.0 Å². The molecule has 2 amide bonds. The molecule has 0 radical (unpaired) electrons. The molecule has 1 fully saturated rings. The normalized spacial score (nSPS) is 13.9. The fraction of sp³-hybridized carbons (Fsp3) is 0.222. The SMILES string of the molecule is Cn1c(COc2ccc(CC3(C(=O)NC(=O)S)CC3)cc2)nc2ccc(Oc3ccccc3)cc21. The predicted molar refractivity (Wildman–Crippen MR) is 136 cm³/mol. The van der Waals surface area contributed by atoms with Crippen LogP contribution in [0.1, 0.15) is 24.2 Å². The van der Waals surface area contributed by atoms with Crippen LogP contribution in [0.15, 0.2) is 72.8 Å². The number of fused-ring (bicyclic) bond motifs is 1. The zero-order valence-electron chi connectivity index (χ0n) is 19.2. The van der Waals surface area contributed by atoms with E-state index >= 15 is 0 Å². The van der Waals surface area contributed by atoms with E-state index in [2.05, 4.69) is 17.9 Å². The lowest BCUT2D eigenvalue weighted by molar-refractivity contribution is -0.125. The molecular formula is C27H25N3O4S. The number of imide groups is 1. The number of benzene rings is 3. The molecule has 0 bridgehead atoms. The van der Waals surface area contributed by atoms with Crippen molar-refractivity contribution < 1.29 is 19.1 Å². The van der Waals surface area contributed by atoms with Crippen LogP contribution in [0.3, 0.4) is 0 Å². The maximum Gasteiger partial charge on any atom is 0.282 e. The monoisotopic (exact) mass is 487 g/mol. The van der Waals surface area contributed by atoms with Crippen LogP contribution in [-0.2, 0) is 24.9 Å². The first kappa shape index (κ1) is 23.0. The van der Waals surface area contributed by atoms with E-state index in [9.17, 15) is 9.59 Å². The topological polar surface area (TPSA) is 82.5 Å². The number of nitrogens with zero attached hydrogens (tertiary/aromatic N) is 2. The van der Waals surface area contributed by atoms with Crippen LogP contribution in [-0.4, -0.2) is 20.7 Å². The van der Waals surface area contributed by atoms with E-state index < -0.39 is 10.7 Å². The molecule has 1 heterocycles. The number of aromatic nitrogens is 2. The maximum absolute atomic E-state index is 12.3. The Bertz CT molecular complexity index is 1380. The number of hydrogen-bond donors (Lipinski definition) is 2. The molecule has 35 heavy (non-hydrogen) atoms. The molecule has 178 valence electrons. The minimum atomic E-state index is -0.619. The van der Waals surface area contributed by atoms with Gasteiger partial charge in [-0.25, -0.2) is 4.98 Å². The van der Waals surface area contributed by atoms with Gasteiger partial charge in [-0.05, 0) is 61.2 Å². The van der Waals surface area contributed by atoms with Gasteiger partial charge in [0.1, 0.15) is 29.7 Å². The van der Waals surface area contributed by atoms with Gasteiger partial charge in [0.2, 0.25) is 5.91 Å². The summed E-state index contributed by atoms with van der Waals surface area (Å²) in [6, 6.07) is 23.2. The zero-order valence-corrected chi connectivity index (χ0v) is 20.1. The molecule has 0 unspecified atom stereocenters. The van der Waals surface area contributed by atoms with Crippen LogP contribution in [0.2, 0.25) is 0 Å². The van der Waals surface area contributed by atoms with E-state index in [1.54, 1.807) is 0 Å². The van der Waals surface area contributed by atoms with E-state index in [4.69, 9.17) is 14.5 Å². The lowest BCUT2D eigenvalue weighted by Crippen LogP contribution is -2.34. The first-order valence-corrected chi connectivity index (χ1v) is 11.8. The maximum atomic E-state index is 12.3. The smallest absolute Gasteiger partial charge is 0.282 e. The average Bonchev–Trinajstić information content (AvgIpc) is 3.57. The molecule has 1 saturated carbocycles. The number of imidazole rings is 1. The lowest BCUT2D eigenvalue weighted by atomic mass is 9.95. The quantitative estimate of drug-likeness (QED) is 0.324. The zero-order chi connectivity index (χ0) is 24.4.